The van der Waals surface area contributed by atoms with Gasteiger partial charge in [-0.3, -0.25) is 9.69 Å². The van der Waals surface area contributed by atoms with Crippen LogP contribution in [0.5, 0.6) is 0 Å². The largest absolute Gasteiger partial charge is 0.369 e. The van der Waals surface area contributed by atoms with Gasteiger partial charge in [0.05, 0.1) is 5.69 Å². The molecular weight excluding hydrogens is 322 g/mol. The molecule has 0 saturated carbocycles. The second kappa shape index (κ2) is 8.21. The van der Waals surface area contributed by atoms with Gasteiger partial charge >= 0.3 is 0 Å². The van der Waals surface area contributed by atoms with Gasteiger partial charge in [0, 0.05) is 45.0 Å². The second-order valence-electron chi connectivity index (χ2n) is 5.82. The number of hydrogen-bond acceptors (Lipinski definition) is 6. The zero-order valence-electron chi connectivity index (χ0n) is 13.9. The molecule has 0 spiro atoms. The third-order valence-electron chi connectivity index (χ3n) is 4.30. The van der Waals surface area contributed by atoms with Crippen molar-refractivity contribution in [1.29, 1.82) is 0 Å². The molecule has 1 N–H and O–H groups in total. The topological polar surface area (TPSA) is 61.4 Å². The highest BCUT2D eigenvalue weighted by atomic mass is 32.1. The number of benzene rings is 1. The van der Waals surface area contributed by atoms with Crippen LogP contribution >= 0.6 is 11.5 Å². The van der Waals surface area contributed by atoms with E-state index in [4.69, 9.17) is 0 Å². The number of aromatic nitrogens is 2. The van der Waals surface area contributed by atoms with Gasteiger partial charge in [-0.05, 0) is 30.1 Å². The molecule has 1 aliphatic rings. The fourth-order valence-electron chi connectivity index (χ4n) is 2.89. The lowest BCUT2D eigenvalue weighted by Crippen LogP contribution is -2.48. The Morgan fingerprint density at radius 3 is 2.67 bits per heavy atom. The zero-order chi connectivity index (χ0) is 16.8. The minimum Gasteiger partial charge on any atom is -0.369 e. The van der Waals surface area contributed by atoms with Crippen LogP contribution in [0.2, 0.25) is 0 Å². The molecule has 1 aromatic heterocycles. The summed E-state index contributed by atoms with van der Waals surface area (Å²) >= 11 is 1.17. The van der Waals surface area contributed by atoms with Crippen LogP contribution < -0.4 is 10.2 Å². The molecule has 128 valence electrons. The van der Waals surface area contributed by atoms with E-state index in [1.165, 1.54) is 17.2 Å². The van der Waals surface area contributed by atoms with Crippen LogP contribution in [-0.4, -0.2) is 59.7 Å². The molecule has 1 fully saturated rings. The summed E-state index contributed by atoms with van der Waals surface area (Å²) in [5, 5.41) is 6.97. The highest BCUT2D eigenvalue weighted by Crippen LogP contribution is 2.15. The lowest BCUT2D eigenvalue weighted by atomic mass is 10.2. The van der Waals surface area contributed by atoms with Crippen LogP contribution in [0.3, 0.4) is 0 Å². The molecule has 2 aromatic rings. The van der Waals surface area contributed by atoms with E-state index in [0.717, 1.165) is 44.8 Å². The number of aryl methyl sites for hydroxylation is 1. The Labute approximate surface area is 146 Å². The van der Waals surface area contributed by atoms with Crippen molar-refractivity contribution in [3.8, 4) is 0 Å². The van der Waals surface area contributed by atoms with E-state index in [-0.39, 0.29) is 5.91 Å². The van der Waals surface area contributed by atoms with Crippen LogP contribution in [0, 0.1) is 0 Å². The molecule has 0 radical (unpaired) electrons. The Morgan fingerprint density at radius 1 is 1.21 bits per heavy atom. The van der Waals surface area contributed by atoms with Crippen molar-refractivity contribution < 1.29 is 4.79 Å². The first-order chi connectivity index (χ1) is 11.8. The molecule has 1 aromatic carbocycles. The highest BCUT2D eigenvalue weighted by Gasteiger charge is 2.18. The molecular formula is C17H23N5OS. The zero-order valence-corrected chi connectivity index (χ0v) is 14.8. The normalized spacial score (nSPS) is 15.5. The second-order valence-corrected chi connectivity index (χ2v) is 6.58. The maximum absolute atomic E-state index is 12.2. The van der Waals surface area contributed by atoms with Gasteiger partial charge in [0.15, 0.2) is 0 Å². The van der Waals surface area contributed by atoms with E-state index in [1.54, 1.807) is 0 Å². The number of rotatable bonds is 6. The molecule has 3 rings (SSSR count). The molecule has 0 atom stereocenters. The quantitative estimate of drug-likeness (QED) is 0.863. The third-order valence-corrected chi connectivity index (χ3v) is 5.07. The van der Waals surface area contributed by atoms with E-state index < -0.39 is 0 Å². The van der Waals surface area contributed by atoms with Crippen molar-refractivity contribution in [2.24, 2.45) is 0 Å². The van der Waals surface area contributed by atoms with Crippen LogP contribution in [0.25, 0.3) is 0 Å². The first-order valence-corrected chi connectivity index (χ1v) is 9.17. The maximum Gasteiger partial charge on any atom is 0.264 e. The Bertz CT molecular complexity index is 652. The Hall–Kier alpha value is -1.99. The summed E-state index contributed by atoms with van der Waals surface area (Å²) in [6.45, 7) is 7.61. The number of piperazine rings is 1. The number of anilines is 1. The predicted octanol–water partition coefficient (Wildman–Crippen LogP) is 1.65. The van der Waals surface area contributed by atoms with Crippen molar-refractivity contribution >= 4 is 23.1 Å². The summed E-state index contributed by atoms with van der Waals surface area (Å²) in [4.78, 5) is 17.6. The number of carbonyl (C=O) groups excluding carboxylic acids is 1. The molecule has 2 heterocycles. The number of nitrogens with zero attached hydrogens (tertiary/aromatic N) is 4. The lowest BCUT2D eigenvalue weighted by molar-refractivity contribution is 0.0950. The van der Waals surface area contributed by atoms with Gasteiger partial charge in [-0.1, -0.05) is 29.6 Å². The van der Waals surface area contributed by atoms with Gasteiger partial charge in [-0.25, -0.2) is 0 Å². The first-order valence-electron chi connectivity index (χ1n) is 8.39. The number of amides is 1. The van der Waals surface area contributed by atoms with Gasteiger partial charge in [0.1, 0.15) is 4.88 Å². The number of para-hydroxylation sites is 1. The molecule has 0 bridgehead atoms. The predicted molar refractivity (Wildman–Crippen MR) is 96.7 cm³/mol. The van der Waals surface area contributed by atoms with Crippen LogP contribution in [0.4, 0.5) is 5.69 Å². The fraction of sp³-hybridized carbons (Fsp3) is 0.471. The molecule has 7 heteroatoms. The number of carbonyl (C=O) groups is 1. The fourth-order valence-corrected chi connectivity index (χ4v) is 3.56. The van der Waals surface area contributed by atoms with Crippen molar-refractivity contribution in [3.05, 3.63) is 40.9 Å². The average molecular weight is 345 g/mol. The highest BCUT2D eigenvalue weighted by molar-refractivity contribution is 7.08. The monoisotopic (exact) mass is 345 g/mol. The average Bonchev–Trinajstić information content (AvgIpc) is 3.12. The van der Waals surface area contributed by atoms with Crippen molar-refractivity contribution in [3.63, 3.8) is 0 Å². The minimum absolute atomic E-state index is 0.0511. The molecule has 24 heavy (non-hydrogen) atoms. The number of nitrogens with one attached hydrogen (secondary N) is 1. The summed E-state index contributed by atoms with van der Waals surface area (Å²) in [5.41, 5.74) is 2.07. The van der Waals surface area contributed by atoms with Crippen molar-refractivity contribution in [1.82, 2.24) is 19.8 Å². The van der Waals surface area contributed by atoms with Crippen LogP contribution in [-0.2, 0) is 6.42 Å². The van der Waals surface area contributed by atoms with E-state index in [1.807, 2.05) is 13.0 Å². The SMILES string of the molecule is CCc1nnsc1C(=O)NCCN1CCN(c2ccccc2)CC1. The minimum atomic E-state index is -0.0511. The third kappa shape index (κ3) is 4.10. The van der Waals surface area contributed by atoms with E-state index in [2.05, 4.69) is 49.0 Å². The molecule has 1 aliphatic heterocycles. The first kappa shape index (κ1) is 16.9. The Balaban J connectivity index is 1.40. The summed E-state index contributed by atoms with van der Waals surface area (Å²) in [7, 11) is 0. The van der Waals surface area contributed by atoms with Crippen molar-refractivity contribution in [2.75, 3.05) is 44.2 Å². The molecule has 0 unspecified atom stereocenters. The van der Waals surface area contributed by atoms with Crippen molar-refractivity contribution in [2.45, 2.75) is 13.3 Å². The standard InChI is InChI=1S/C17H23N5OS/c1-2-15-16(24-20-19-15)17(23)18-8-9-21-10-12-22(13-11-21)14-6-4-3-5-7-14/h3-7H,2,8-13H2,1H3,(H,18,23). The van der Waals surface area contributed by atoms with Crippen LogP contribution in [0.1, 0.15) is 22.3 Å². The Kier molecular flexibility index (Phi) is 5.77. The molecule has 1 amide bonds. The summed E-state index contributed by atoms with van der Waals surface area (Å²) in [6, 6.07) is 10.5. The van der Waals surface area contributed by atoms with E-state index in [9.17, 15) is 4.79 Å². The summed E-state index contributed by atoms with van der Waals surface area (Å²) < 4.78 is 3.86. The van der Waals surface area contributed by atoms with Gasteiger partial charge in [-0.2, -0.15) is 0 Å². The maximum atomic E-state index is 12.2. The van der Waals surface area contributed by atoms with Gasteiger partial charge in [0.2, 0.25) is 0 Å². The smallest absolute Gasteiger partial charge is 0.264 e. The summed E-state index contributed by atoms with van der Waals surface area (Å²) in [6.07, 6.45) is 0.737. The number of hydrogen-bond donors (Lipinski definition) is 1. The Morgan fingerprint density at radius 2 is 1.96 bits per heavy atom. The molecule has 0 aliphatic carbocycles. The van der Waals surface area contributed by atoms with E-state index in [0.29, 0.717) is 11.4 Å². The van der Waals surface area contributed by atoms with E-state index >= 15 is 0 Å². The van der Waals surface area contributed by atoms with Gasteiger partial charge < -0.3 is 10.2 Å². The van der Waals surface area contributed by atoms with Gasteiger partial charge in [0.25, 0.3) is 5.91 Å². The summed E-state index contributed by atoms with van der Waals surface area (Å²) in [5.74, 6) is -0.0511. The van der Waals surface area contributed by atoms with Gasteiger partial charge in [-0.15, -0.1) is 5.10 Å². The molecule has 1 saturated heterocycles. The lowest BCUT2D eigenvalue weighted by Gasteiger charge is -2.36. The molecule has 6 nitrogen and oxygen atoms in total. The van der Waals surface area contributed by atoms with Crippen LogP contribution in [0.15, 0.2) is 30.3 Å².